The number of H-pyrrole nitrogens is 1. The molecule has 1 aromatic rings. The van der Waals surface area contributed by atoms with Gasteiger partial charge in [0.15, 0.2) is 0 Å². The molecule has 0 aromatic carbocycles. The molecule has 150 valence electrons. The van der Waals surface area contributed by atoms with Crippen molar-refractivity contribution in [1.29, 1.82) is 0 Å². The lowest BCUT2D eigenvalue weighted by Gasteiger charge is -2.35. The van der Waals surface area contributed by atoms with Crippen LogP contribution in [0.1, 0.15) is 31.7 Å². The number of likely N-dealkylation sites (tertiary alicyclic amines) is 1. The van der Waals surface area contributed by atoms with E-state index in [4.69, 9.17) is 0 Å². The number of aromatic nitrogens is 2. The molecule has 3 heterocycles. The Morgan fingerprint density at radius 3 is 2.30 bits per heavy atom. The molecule has 2 saturated heterocycles. The number of nitrogens with zero attached hydrogens (tertiary/aromatic N) is 4. The Hall–Kier alpha value is -1.94. The zero-order chi connectivity index (χ0) is 19.9. The molecule has 0 saturated carbocycles. The van der Waals surface area contributed by atoms with Crippen molar-refractivity contribution in [2.24, 2.45) is 5.92 Å². The van der Waals surface area contributed by atoms with Crippen LogP contribution in [0.25, 0.3) is 0 Å². The Kier molecular flexibility index (Phi) is 5.31. The lowest BCUT2D eigenvalue weighted by molar-refractivity contribution is -0.137. The summed E-state index contributed by atoms with van der Waals surface area (Å²) < 4.78 is 27.2. The van der Waals surface area contributed by atoms with Gasteiger partial charge >= 0.3 is 0 Å². The van der Waals surface area contributed by atoms with Crippen LogP contribution in [0.2, 0.25) is 0 Å². The smallest absolute Gasteiger partial charge is 0.246 e. The van der Waals surface area contributed by atoms with Gasteiger partial charge in [0.05, 0.1) is 17.3 Å². The molecule has 1 aromatic heterocycles. The van der Waals surface area contributed by atoms with E-state index in [9.17, 15) is 18.0 Å². The number of hydrogen-bond acceptors (Lipinski definition) is 5. The number of rotatable bonds is 4. The van der Waals surface area contributed by atoms with E-state index >= 15 is 0 Å². The van der Waals surface area contributed by atoms with E-state index in [2.05, 4.69) is 10.2 Å². The molecule has 1 atom stereocenters. The SMILES string of the molecule is Cc1n[nH]c(C)c1S(=O)(=O)N1CCN(C(=O)C2CC(=O)N(C(C)C)C2)CC1. The molecular formula is C17H27N5O4S. The van der Waals surface area contributed by atoms with Gasteiger partial charge in [-0.2, -0.15) is 9.40 Å². The maximum absolute atomic E-state index is 12.9. The average Bonchev–Trinajstić information content (AvgIpc) is 3.17. The number of piperazine rings is 1. The molecule has 2 amide bonds. The topological polar surface area (TPSA) is 107 Å². The van der Waals surface area contributed by atoms with Crippen LogP contribution in [0.15, 0.2) is 4.90 Å². The molecule has 1 unspecified atom stereocenters. The maximum atomic E-state index is 12.9. The zero-order valence-electron chi connectivity index (χ0n) is 16.2. The van der Waals surface area contributed by atoms with Gasteiger partial charge in [-0.05, 0) is 27.7 Å². The van der Waals surface area contributed by atoms with Crippen molar-refractivity contribution in [2.75, 3.05) is 32.7 Å². The van der Waals surface area contributed by atoms with Crippen molar-refractivity contribution in [2.45, 2.75) is 45.1 Å². The Labute approximate surface area is 159 Å². The zero-order valence-corrected chi connectivity index (χ0v) is 17.0. The number of nitrogens with one attached hydrogen (secondary N) is 1. The van der Waals surface area contributed by atoms with E-state index in [1.165, 1.54) is 4.31 Å². The van der Waals surface area contributed by atoms with Crippen molar-refractivity contribution < 1.29 is 18.0 Å². The standard InChI is InChI=1S/C17H27N5O4S/c1-11(2)22-10-14(9-15(22)23)17(24)20-5-7-21(8-6-20)27(25,26)16-12(3)18-19-13(16)4/h11,14H,5-10H2,1-4H3,(H,18,19). The second-order valence-electron chi connectivity index (χ2n) is 7.53. The molecule has 0 aliphatic carbocycles. The Morgan fingerprint density at radius 2 is 1.81 bits per heavy atom. The number of hydrogen-bond donors (Lipinski definition) is 1. The highest BCUT2D eigenvalue weighted by Gasteiger charge is 2.39. The van der Waals surface area contributed by atoms with Crippen LogP contribution in [-0.2, 0) is 19.6 Å². The predicted molar refractivity (Wildman–Crippen MR) is 98.4 cm³/mol. The van der Waals surface area contributed by atoms with Gasteiger partial charge in [-0.1, -0.05) is 0 Å². The lowest BCUT2D eigenvalue weighted by Crippen LogP contribution is -2.52. The molecule has 27 heavy (non-hydrogen) atoms. The van der Waals surface area contributed by atoms with E-state index in [0.29, 0.717) is 31.0 Å². The van der Waals surface area contributed by atoms with E-state index in [-0.39, 0.29) is 48.2 Å². The number of aryl methyl sites for hydroxylation is 2. The van der Waals surface area contributed by atoms with Crippen LogP contribution in [0.4, 0.5) is 0 Å². The minimum absolute atomic E-state index is 0.00970. The summed E-state index contributed by atoms with van der Waals surface area (Å²) >= 11 is 0. The fourth-order valence-corrected chi connectivity index (χ4v) is 5.61. The van der Waals surface area contributed by atoms with Crippen molar-refractivity contribution in [3.05, 3.63) is 11.4 Å². The maximum Gasteiger partial charge on any atom is 0.246 e. The first kappa shape index (κ1) is 19.8. The molecular weight excluding hydrogens is 370 g/mol. The normalized spacial score (nSPS) is 22.1. The van der Waals surface area contributed by atoms with Crippen LogP contribution in [-0.4, -0.2) is 83.3 Å². The minimum Gasteiger partial charge on any atom is -0.340 e. The molecule has 9 nitrogen and oxygen atoms in total. The summed E-state index contributed by atoms with van der Waals surface area (Å²) in [5, 5.41) is 6.68. The van der Waals surface area contributed by atoms with E-state index in [1.807, 2.05) is 13.8 Å². The van der Waals surface area contributed by atoms with Gasteiger partial charge in [0.1, 0.15) is 4.90 Å². The van der Waals surface area contributed by atoms with E-state index in [0.717, 1.165) is 0 Å². The Balaban J connectivity index is 1.64. The van der Waals surface area contributed by atoms with Crippen LogP contribution >= 0.6 is 0 Å². The number of amides is 2. The average molecular weight is 398 g/mol. The number of carbonyl (C=O) groups is 2. The summed E-state index contributed by atoms with van der Waals surface area (Å²) in [4.78, 5) is 28.5. The van der Waals surface area contributed by atoms with E-state index in [1.54, 1.807) is 23.6 Å². The monoisotopic (exact) mass is 397 g/mol. The summed E-state index contributed by atoms with van der Waals surface area (Å²) in [7, 11) is -3.64. The first-order valence-electron chi connectivity index (χ1n) is 9.23. The highest BCUT2D eigenvalue weighted by Crippen LogP contribution is 2.25. The highest BCUT2D eigenvalue weighted by molar-refractivity contribution is 7.89. The summed E-state index contributed by atoms with van der Waals surface area (Å²) in [5.41, 5.74) is 0.966. The molecule has 3 rings (SSSR count). The molecule has 2 aliphatic heterocycles. The first-order chi connectivity index (χ1) is 12.6. The molecule has 2 fully saturated rings. The van der Waals surface area contributed by atoms with Gasteiger partial charge in [0.2, 0.25) is 21.8 Å². The Bertz CT molecular complexity index is 820. The van der Waals surface area contributed by atoms with Crippen molar-refractivity contribution in [3.63, 3.8) is 0 Å². The summed E-state index contributed by atoms with van der Waals surface area (Å²) in [6, 6.07) is 0.0822. The van der Waals surface area contributed by atoms with Crippen LogP contribution in [0, 0.1) is 19.8 Å². The van der Waals surface area contributed by atoms with Crippen molar-refractivity contribution in [1.82, 2.24) is 24.3 Å². The first-order valence-corrected chi connectivity index (χ1v) is 10.7. The van der Waals surface area contributed by atoms with Gasteiger partial charge in [0.25, 0.3) is 0 Å². The highest BCUT2D eigenvalue weighted by atomic mass is 32.2. The van der Waals surface area contributed by atoms with Crippen LogP contribution in [0.3, 0.4) is 0 Å². The molecule has 0 radical (unpaired) electrons. The quantitative estimate of drug-likeness (QED) is 0.776. The third-order valence-corrected chi connectivity index (χ3v) is 7.50. The van der Waals surface area contributed by atoms with Crippen LogP contribution < -0.4 is 0 Å². The third kappa shape index (κ3) is 3.60. The minimum atomic E-state index is -3.64. The van der Waals surface area contributed by atoms with Gasteiger partial charge in [-0.25, -0.2) is 8.42 Å². The van der Waals surface area contributed by atoms with Gasteiger partial charge in [-0.3, -0.25) is 14.7 Å². The number of sulfonamides is 1. The summed E-state index contributed by atoms with van der Waals surface area (Å²) in [6.07, 6.45) is 0.239. The summed E-state index contributed by atoms with van der Waals surface area (Å²) in [5.74, 6) is -0.379. The number of carbonyl (C=O) groups excluding carboxylic acids is 2. The lowest BCUT2D eigenvalue weighted by atomic mass is 10.1. The van der Waals surface area contributed by atoms with Crippen molar-refractivity contribution >= 4 is 21.8 Å². The fourth-order valence-electron chi connectivity index (χ4n) is 3.85. The molecule has 0 spiro atoms. The van der Waals surface area contributed by atoms with E-state index < -0.39 is 10.0 Å². The molecule has 10 heteroatoms. The van der Waals surface area contributed by atoms with Gasteiger partial charge < -0.3 is 9.80 Å². The largest absolute Gasteiger partial charge is 0.340 e. The second kappa shape index (κ2) is 7.23. The van der Waals surface area contributed by atoms with Crippen molar-refractivity contribution in [3.8, 4) is 0 Å². The van der Waals surface area contributed by atoms with Gasteiger partial charge in [0, 0.05) is 45.2 Å². The van der Waals surface area contributed by atoms with Gasteiger partial charge in [-0.15, -0.1) is 0 Å². The molecule has 1 N–H and O–H groups in total. The fraction of sp³-hybridized carbons (Fsp3) is 0.706. The number of aromatic amines is 1. The third-order valence-electron chi connectivity index (χ3n) is 5.34. The van der Waals surface area contributed by atoms with Crippen LogP contribution in [0.5, 0.6) is 0 Å². The summed E-state index contributed by atoms with van der Waals surface area (Å²) in [6.45, 7) is 8.82. The molecule has 0 bridgehead atoms. The second-order valence-corrected chi connectivity index (χ2v) is 9.41. The Morgan fingerprint density at radius 1 is 1.19 bits per heavy atom. The molecule has 2 aliphatic rings. The predicted octanol–water partition coefficient (Wildman–Crippen LogP) is 0.116.